The molecule has 1 aromatic rings. The van der Waals surface area contributed by atoms with E-state index in [4.69, 9.17) is 4.74 Å². The van der Waals surface area contributed by atoms with Gasteiger partial charge >= 0.3 is 0 Å². The van der Waals surface area contributed by atoms with Gasteiger partial charge in [0, 0.05) is 45.9 Å². The molecule has 3 heterocycles. The van der Waals surface area contributed by atoms with E-state index in [1.807, 2.05) is 30.9 Å². The van der Waals surface area contributed by atoms with Gasteiger partial charge in [-0.2, -0.15) is 0 Å². The molecule has 0 saturated carbocycles. The lowest BCUT2D eigenvalue weighted by atomic mass is 9.95. The van der Waals surface area contributed by atoms with Crippen molar-refractivity contribution < 1.29 is 19.4 Å². The molecule has 0 aromatic heterocycles. The van der Waals surface area contributed by atoms with Crippen molar-refractivity contribution in [2.75, 3.05) is 59.1 Å². The molecular formula is C25H35N3O4. The standard InChI is InChI=1S/C25H35N3O4/c1-18-6-7-21(19(2)15-18)22-23(27-9-3-5-20(16-27)17-29)25(31)28(24(22)30)10-4-8-26-11-13-32-14-12-26/h6-7,15,20,29H,3-5,8-14,16-17H2,1-2H3. The molecule has 1 aromatic carbocycles. The van der Waals surface area contributed by atoms with Crippen LogP contribution in [0, 0.1) is 19.8 Å². The third-order valence-corrected chi connectivity index (χ3v) is 6.85. The first kappa shape index (κ1) is 23.0. The van der Waals surface area contributed by atoms with Crippen LogP contribution < -0.4 is 0 Å². The van der Waals surface area contributed by atoms with E-state index >= 15 is 0 Å². The van der Waals surface area contributed by atoms with E-state index in [1.165, 1.54) is 4.90 Å². The minimum Gasteiger partial charge on any atom is -0.396 e. The van der Waals surface area contributed by atoms with Gasteiger partial charge in [-0.05, 0) is 50.2 Å². The van der Waals surface area contributed by atoms with Crippen molar-refractivity contribution in [3.63, 3.8) is 0 Å². The van der Waals surface area contributed by atoms with Crippen LogP contribution in [0.3, 0.4) is 0 Å². The van der Waals surface area contributed by atoms with Crippen LogP contribution in [-0.2, 0) is 14.3 Å². The summed E-state index contributed by atoms with van der Waals surface area (Å²) >= 11 is 0. The highest BCUT2D eigenvalue weighted by molar-refractivity contribution is 6.35. The second kappa shape index (κ2) is 10.1. The maximum absolute atomic E-state index is 13.6. The largest absolute Gasteiger partial charge is 0.396 e. The second-order valence-corrected chi connectivity index (χ2v) is 9.25. The molecule has 1 N–H and O–H groups in total. The molecule has 3 aliphatic rings. The number of aryl methyl sites for hydroxylation is 2. The fourth-order valence-corrected chi connectivity index (χ4v) is 5.09. The van der Waals surface area contributed by atoms with Crippen LogP contribution in [0.4, 0.5) is 0 Å². The van der Waals surface area contributed by atoms with Crippen LogP contribution in [0.25, 0.3) is 5.57 Å². The Labute approximate surface area is 190 Å². The number of rotatable bonds is 7. The zero-order chi connectivity index (χ0) is 22.7. The van der Waals surface area contributed by atoms with Crippen molar-refractivity contribution >= 4 is 17.4 Å². The number of carbonyl (C=O) groups excluding carboxylic acids is 2. The van der Waals surface area contributed by atoms with Gasteiger partial charge in [0.05, 0.1) is 18.8 Å². The zero-order valence-corrected chi connectivity index (χ0v) is 19.3. The lowest BCUT2D eigenvalue weighted by Gasteiger charge is -2.34. The smallest absolute Gasteiger partial charge is 0.277 e. The zero-order valence-electron chi connectivity index (χ0n) is 19.3. The van der Waals surface area contributed by atoms with E-state index in [2.05, 4.69) is 11.0 Å². The number of imide groups is 1. The summed E-state index contributed by atoms with van der Waals surface area (Å²) in [5.41, 5.74) is 4.02. The molecule has 3 aliphatic heterocycles. The molecular weight excluding hydrogens is 406 g/mol. The van der Waals surface area contributed by atoms with Crippen molar-refractivity contribution in [3.8, 4) is 0 Å². The number of aliphatic hydroxyl groups is 1. The predicted octanol–water partition coefficient (Wildman–Crippen LogP) is 1.81. The SMILES string of the molecule is Cc1ccc(C2=C(N3CCCC(CO)C3)C(=O)N(CCCN3CCOCC3)C2=O)c(C)c1. The Hall–Kier alpha value is -2.22. The topological polar surface area (TPSA) is 73.3 Å². The van der Waals surface area contributed by atoms with Crippen LogP contribution >= 0.6 is 0 Å². The minimum atomic E-state index is -0.190. The molecule has 2 fully saturated rings. The van der Waals surface area contributed by atoms with Crippen molar-refractivity contribution in [2.45, 2.75) is 33.1 Å². The van der Waals surface area contributed by atoms with Gasteiger partial charge in [-0.1, -0.05) is 23.8 Å². The molecule has 1 atom stereocenters. The normalized spacial score (nSPS) is 22.9. The Morgan fingerprint density at radius 3 is 2.56 bits per heavy atom. The fourth-order valence-electron chi connectivity index (χ4n) is 5.09. The Morgan fingerprint density at radius 2 is 1.84 bits per heavy atom. The van der Waals surface area contributed by atoms with Crippen LogP contribution in [0.5, 0.6) is 0 Å². The van der Waals surface area contributed by atoms with Gasteiger partial charge in [-0.25, -0.2) is 0 Å². The molecule has 4 rings (SSSR count). The number of morpholine rings is 1. The third-order valence-electron chi connectivity index (χ3n) is 6.85. The number of hydrogen-bond donors (Lipinski definition) is 1. The van der Waals surface area contributed by atoms with Gasteiger partial charge in [0.15, 0.2) is 0 Å². The summed E-state index contributed by atoms with van der Waals surface area (Å²) in [5, 5.41) is 9.70. The first-order chi connectivity index (χ1) is 15.5. The molecule has 1 unspecified atom stereocenters. The molecule has 0 bridgehead atoms. The summed E-state index contributed by atoms with van der Waals surface area (Å²) in [4.78, 5) is 32.9. The Balaban J connectivity index is 1.59. The average molecular weight is 442 g/mol. The van der Waals surface area contributed by atoms with Gasteiger partial charge in [-0.3, -0.25) is 19.4 Å². The molecule has 0 aliphatic carbocycles. The van der Waals surface area contributed by atoms with Crippen molar-refractivity contribution in [1.82, 2.24) is 14.7 Å². The molecule has 2 amide bonds. The number of hydrogen-bond acceptors (Lipinski definition) is 6. The molecule has 0 radical (unpaired) electrons. The molecule has 7 heteroatoms. The monoisotopic (exact) mass is 441 g/mol. The number of ether oxygens (including phenoxy) is 1. The van der Waals surface area contributed by atoms with E-state index in [-0.39, 0.29) is 24.3 Å². The number of benzene rings is 1. The van der Waals surface area contributed by atoms with E-state index in [0.29, 0.717) is 24.4 Å². The lowest BCUT2D eigenvalue weighted by molar-refractivity contribution is -0.137. The second-order valence-electron chi connectivity index (χ2n) is 9.25. The molecule has 32 heavy (non-hydrogen) atoms. The van der Waals surface area contributed by atoms with E-state index in [9.17, 15) is 14.7 Å². The first-order valence-corrected chi connectivity index (χ1v) is 11.8. The van der Waals surface area contributed by atoms with Gasteiger partial charge < -0.3 is 14.7 Å². The predicted molar refractivity (Wildman–Crippen MR) is 123 cm³/mol. The maximum atomic E-state index is 13.6. The summed E-state index contributed by atoms with van der Waals surface area (Å²) in [6.07, 6.45) is 2.61. The molecule has 174 valence electrons. The van der Waals surface area contributed by atoms with Crippen molar-refractivity contribution in [3.05, 3.63) is 40.6 Å². The van der Waals surface area contributed by atoms with Gasteiger partial charge in [0.1, 0.15) is 5.70 Å². The van der Waals surface area contributed by atoms with Crippen molar-refractivity contribution in [2.24, 2.45) is 5.92 Å². The van der Waals surface area contributed by atoms with Gasteiger partial charge in [0.25, 0.3) is 11.8 Å². The van der Waals surface area contributed by atoms with Gasteiger partial charge in [0.2, 0.25) is 0 Å². The highest BCUT2D eigenvalue weighted by atomic mass is 16.5. The summed E-state index contributed by atoms with van der Waals surface area (Å²) in [5.74, 6) is -0.245. The van der Waals surface area contributed by atoms with Crippen LogP contribution in [0.2, 0.25) is 0 Å². The highest BCUT2D eigenvalue weighted by Gasteiger charge is 2.42. The van der Waals surface area contributed by atoms with Gasteiger partial charge in [-0.15, -0.1) is 0 Å². The van der Waals surface area contributed by atoms with Crippen molar-refractivity contribution in [1.29, 1.82) is 0 Å². The van der Waals surface area contributed by atoms with Crippen LogP contribution in [-0.4, -0.2) is 90.7 Å². The van der Waals surface area contributed by atoms with E-state index in [1.54, 1.807) is 0 Å². The number of aliphatic hydroxyl groups excluding tert-OH is 1. The number of piperidine rings is 1. The number of likely N-dealkylation sites (tertiary alicyclic amines) is 1. The molecule has 7 nitrogen and oxygen atoms in total. The maximum Gasteiger partial charge on any atom is 0.277 e. The summed E-state index contributed by atoms with van der Waals surface area (Å²) in [6, 6.07) is 6.03. The summed E-state index contributed by atoms with van der Waals surface area (Å²) in [7, 11) is 0. The van der Waals surface area contributed by atoms with Crippen LogP contribution in [0.15, 0.2) is 23.9 Å². The Bertz CT molecular complexity index is 891. The Kier molecular flexibility index (Phi) is 7.28. The fraction of sp³-hybridized carbons (Fsp3) is 0.600. The third kappa shape index (κ3) is 4.75. The van der Waals surface area contributed by atoms with E-state index < -0.39 is 0 Å². The summed E-state index contributed by atoms with van der Waals surface area (Å²) < 4.78 is 5.41. The minimum absolute atomic E-state index is 0.105. The highest BCUT2D eigenvalue weighted by Crippen LogP contribution is 2.35. The molecule has 0 spiro atoms. The van der Waals surface area contributed by atoms with Crippen LogP contribution in [0.1, 0.15) is 36.0 Å². The Morgan fingerprint density at radius 1 is 1.06 bits per heavy atom. The molecule has 2 saturated heterocycles. The van der Waals surface area contributed by atoms with E-state index in [0.717, 1.165) is 75.3 Å². The number of nitrogens with zero attached hydrogens (tertiary/aromatic N) is 3. The number of carbonyl (C=O) groups is 2. The number of amides is 2. The average Bonchev–Trinajstić information content (AvgIpc) is 3.04. The quantitative estimate of drug-likeness (QED) is 0.651. The lowest BCUT2D eigenvalue weighted by Crippen LogP contribution is -2.42. The first-order valence-electron chi connectivity index (χ1n) is 11.8. The summed E-state index contributed by atoms with van der Waals surface area (Å²) in [6.45, 7) is 10.0.